The number of anilines is 1. The molecule has 0 radical (unpaired) electrons. The average molecular weight is 323 g/mol. The van der Waals surface area contributed by atoms with E-state index in [2.05, 4.69) is 0 Å². The first-order valence-corrected chi connectivity index (χ1v) is 8.03. The first-order valence-electron chi connectivity index (χ1n) is 6.80. The van der Waals surface area contributed by atoms with Crippen molar-refractivity contribution in [2.45, 2.75) is 0 Å². The summed E-state index contributed by atoms with van der Waals surface area (Å²) < 4.78 is 0.565. The summed E-state index contributed by atoms with van der Waals surface area (Å²) in [6.45, 7) is 0. The third-order valence-corrected chi connectivity index (χ3v) is 4.46. The maximum atomic E-state index is 12.5. The lowest BCUT2D eigenvalue weighted by atomic mass is 10.2. The monoisotopic (exact) mass is 323 g/mol. The average Bonchev–Trinajstić information content (AvgIpc) is 2.83. The summed E-state index contributed by atoms with van der Waals surface area (Å²) >= 11 is 6.65. The minimum absolute atomic E-state index is 0.0705. The molecule has 2 nitrogen and oxygen atoms in total. The molecule has 1 aliphatic rings. The van der Waals surface area contributed by atoms with E-state index >= 15 is 0 Å². The van der Waals surface area contributed by atoms with Gasteiger partial charge >= 0.3 is 0 Å². The van der Waals surface area contributed by atoms with Crippen LogP contribution in [0.3, 0.4) is 0 Å². The Morgan fingerprint density at radius 1 is 0.955 bits per heavy atom. The molecule has 0 N–H and O–H groups in total. The van der Waals surface area contributed by atoms with Crippen LogP contribution in [0.25, 0.3) is 6.08 Å². The summed E-state index contributed by atoms with van der Waals surface area (Å²) in [5.41, 5.74) is 1.90. The quantitative estimate of drug-likeness (QED) is 0.606. The molecule has 0 atom stereocenters. The molecular weight excluding hydrogens is 310 g/mol. The molecule has 1 aliphatic heterocycles. The van der Waals surface area contributed by atoms with Crippen LogP contribution in [0, 0.1) is 0 Å². The Balaban J connectivity index is 1.79. The van der Waals surface area contributed by atoms with Gasteiger partial charge in [-0.3, -0.25) is 9.69 Å². The number of allylic oxidation sites excluding steroid dienone is 2. The maximum Gasteiger partial charge on any atom is 0.270 e. The molecule has 0 saturated carbocycles. The molecule has 0 bridgehead atoms. The Labute approximate surface area is 139 Å². The zero-order valence-corrected chi connectivity index (χ0v) is 13.3. The van der Waals surface area contributed by atoms with Crippen LogP contribution in [0.2, 0.25) is 0 Å². The van der Waals surface area contributed by atoms with Gasteiger partial charge in [-0.15, -0.1) is 0 Å². The Hall–Kier alpha value is -2.17. The summed E-state index contributed by atoms with van der Waals surface area (Å²) in [6.07, 6.45) is 5.66. The van der Waals surface area contributed by atoms with Crippen molar-refractivity contribution < 1.29 is 4.79 Å². The number of amides is 1. The van der Waals surface area contributed by atoms with Crippen LogP contribution in [0.4, 0.5) is 5.69 Å². The molecule has 1 saturated heterocycles. The van der Waals surface area contributed by atoms with Crippen molar-refractivity contribution in [1.82, 2.24) is 0 Å². The molecule has 0 aliphatic carbocycles. The van der Waals surface area contributed by atoms with Gasteiger partial charge in [0.2, 0.25) is 0 Å². The molecule has 4 heteroatoms. The van der Waals surface area contributed by atoms with Gasteiger partial charge in [0.1, 0.15) is 0 Å². The number of thiocarbonyl (C=S) groups is 1. The normalized spacial score (nSPS) is 16.9. The zero-order chi connectivity index (χ0) is 15.4. The highest BCUT2D eigenvalue weighted by Gasteiger charge is 2.32. The van der Waals surface area contributed by atoms with E-state index < -0.39 is 0 Å². The highest BCUT2D eigenvalue weighted by atomic mass is 32.2. The smallest absolute Gasteiger partial charge is 0.268 e. The molecule has 2 aromatic carbocycles. The third-order valence-electron chi connectivity index (χ3n) is 3.14. The summed E-state index contributed by atoms with van der Waals surface area (Å²) in [7, 11) is 0. The topological polar surface area (TPSA) is 20.3 Å². The van der Waals surface area contributed by atoms with Crippen LogP contribution in [0.15, 0.2) is 77.7 Å². The standard InChI is InChI=1S/C18H13NOS2/c20-17-16(13-7-10-14-8-3-1-4-9-14)22-18(21)19(17)15-11-5-2-6-12-15/h1-13H/b10-7-,16-13+. The predicted octanol–water partition coefficient (Wildman–Crippen LogP) is 4.65. The fraction of sp³-hybridized carbons (Fsp3) is 0. The molecule has 2 aromatic rings. The second kappa shape index (κ2) is 6.73. The first kappa shape index (κ1) is 14.8. The molecule has 1 amide bonds. The lowest BCUT2D eigenvalue weighted by Gasteiger charge is -2.13. The number of hydrogen-bond acceptors (Lipinski definition) is 3. The van der Waals surface area contributed by atoms with Gasteiger partial charge in [-0.05, 0) is 23.8 Å². The molecule has 0 aromatic heterocycles. The lowest BCUT2D eigenvalue weighted by molar-refractivity contribution is -0.113. The van der Waals surface area contributed by atoms with Gasteiger partial charge in [-0.2, -0.15) is 0 Å². The Bertz CT molecular complexity index is 751. The van der Waals surface area contributed by atoms with Gasteiger partial charge in [0, 0.05) is 0 Å². The predicted molar refractivity (Wildman–Crippen MR) is 97.7 cm³/mol. The van der Waals surface area contributed by atoms with Crippen molar-refractivity contribution in [3.8, 4) is 0 Å². The fourth-order valence-corrected chi connectivity index (χ4v) is 3.34. The molecular formula is C18H13NOS2. The van der Waals surface area contributed by atoms with Crippen molar-refractivity contribution in [3.05, 3.63) is 83.3 Å². The lowest BCUT2D eigenvalue weighted by Crippen LogP contribution is -2.27. The molecule has 1 heterocycles. The van der Waals surface area contributed by atoms with Gasteiger partial charge in [-0.1, -0.05) is 84.7 Å². The van der Waals surface area contributed by atoms with Crippen molar-refractivity contribution >= 4 is 46.0 Å². The highest BCUT2D eigenvalue weighted by molar-refractivity contribution is 8.27. The van der Waals surface area contributed by atoms with Crippen molar-refractivity contribution in [2.24, 2.45) is 0 Å². The molecule has 0 unspecified atom stereocenters. The number of nitrogens with zero attached hydrogens (tertiary/aromatic N) is 1. The highest BCUT2D eigenvalue weighted by Crippen LogP contribution is 2.34. The van der Waals surface area contributed by atoms with Crippen LogP contribution >= 0.6 is 24.0 Å². The van der Waals surface area contributed by atoms with E-state index in [1.807, 2.05) is 78.9 Å². The minimum atomic E-state index is -0.0705. The van der Waals surface area contributed by atoms with Crippen LogP contribution < -0.4 is 4.90 Å². The largest absolute Gasteiger partial charge is 0.270 e. The molecule has 22 heavy (non-hydrogen) atoms. The number of carbonyl (C=O) groups is 1. The summed E-state index contributed by atoms with van der Waals surface area (Å²) in [5, 5.41) is 0. The van der Waals surface area contributed by atoms with Crippen LogP contribution in [0.1, 0.15) is 5.56 Å². The van der Waals surface area contributed by atoms with Crippen LogP contribution in [-0.4, -0.2) is 10.2 Å². The summed E-state index contributed by atoms with van der Waals surface area (Å²) in [6, 6.07) is 19.4. The fourth-order valence-electron chi connectivity index (χ4n) is 2.09. The van der Waals surface area contributed by atoms with Gasteiger partial charge in [0.25, 0.3) is 5.91 Å². The van der Waals surface area contributed by atoms with Gasteiger partial charge in [0.05, 0.1) is 10.6 Å². The SMILES string of the molecule is O=C1/C(=C\C=C/c2ccccc2)SC(=S)N1c1ccccc1. The molecule has 108 valence electrons. The Kier molecular flexibility index (Phi) is 4.51. The Morgan fingerprint density at radius 3 is 2.27 bits per heavy atom. The summed E-state index contributed by atoms with van der Waals surface area (Å²) in [4.78, 5) is 14.7. The number of hydrogen-bond donors (Lipinski definition) is 0. The van der Waals surface area contributed by atoms with E-state index in [-0.39, 0.29) is 5.91 Å². The van der Waals surface area contributed by atoms with E-state index in [9.17, 15) is 4.79 Å². The van der Waals surface area contributed by atoms with E-state index in [1.54, 1.807) is 4.90 Å². The Morgan fingerprint density at radius 2 is 1.59 bits per heavy atom. The van der Waals surface area contributed by atoms with Crippen molar-refractivity contribution in [1.29, 1.82) is 0 Å². The summed E-state index contributed by atoms with van der Waals surface area (Å²) in [5.74, 6) is -0.0705. The van der Waals surface area contributed by atoms with Gasteiger partial charge in [0.15, 0.2) is 4.32 Å². The van der Waals surface area contributed by atoms with Crippen molar-refractivity contribution in [3.63, 3.8) is 0 Å². The number of rotatable bonds is 3. The second-order valence-electron chi connectivity index (χ2n) is 4.64. The van der Waals surface area contributed by atoms with Crippen molar-refractivity contribution in [2.75, 3.05) is 4.90 Å². The number of thioether (sulfide) groups is 1. The van der Waals surface area contributed by atoms with Crippen LogP contribution in [0.5, 0.6) is 0 Å². The minimum Gasteiger partial charge on any atom is -0.268 e. The first-order chi connectivity index (χ1) is 10.8. The van der Waals surface area contributed by atoms with E-state index in [1.165, 1.54) is 11.8 Å². The molecule has 0 spiro atoms. The van der Waals surface area contributed by atoms with Crippen LogP contribution in [-0.2, 0) is 4.79 Å². The maximum absolute atomic E-state index is 12.5. The number of benzene rings is 2. The molecule has 1 fully saturated rings. The number of para-hydroxylation sites is 1. The van der Waals surface area contributed by atoms with E-state index in [0.29, 0.717) is 9.23 Å². The van der Waals surface area contributed by atoms with Gasteiger partial charge < -0.3 is 0 Å². The van der Waals surface area contributed by atoms with Gasteiger partial charge in [-0.25, -0.2) is 0 Å². The second-order valence-corrected chi connectivity index (χ2v) is 6.32. The number of carbonyl (C=O) groups excluding carboxylic acids is 1. The van der Waals surface area contributed by atoms with E-state index in [4.69, 9.17) is 12.2 Å². The molecule has 3 rings (SSSR count). The van der Waals surface area contributed by atoms with E-state index in [0.717, 1.165) is 11.3 Å². The third kappa shape index (κ3) is 3.18. The zero-order valence-electron chi connectivity index (χ0n) is 11.7.